The van der Waals surface area contributed by atoms with Gasteiger partial charge in [-0.2, -0.15) is 0 Å². The van der Waals surface area contributed by atoms with E-state index in [1.165, 1.54) is 12.1 Å². The molecular weight excluding hydrogens is 242 g/mol. The van der Waals surface area contributed by atoms with Crippen molar-refractivity contribution < 1.29 is 9.53 Å². The molecular formula is C14H15N3O2. The Kier molecular flexibility index (Phi) is 3.68. The number of hydrogen-bond donors (Lipinski definition) is 3. The highest BCUT2D eigenvalue weighted by Gasteiger charge is 2.10. The van der Waals surface area contributed by atoms with Gasteiger partial charge in [0.2, 0.25) is 0 Å². The van der Waals surface area contributed by atoms with Crippen LogP contribution in [0.5, 0.6) is 5.75 Å². The number of hydrogen-bond acceptors (Lipinski definition) is 5. The van der Waals surface area contributed by atoms with Gasteiger partial charge in [0.05, 0.1) is 5.56 Å². The van der Waals surface area contributed by atoms with Gasteiger partial charge in [0.25, 0.3) is 0 Å². The van der Waals surface area contributed by atoms with Crippen molar-refractivity contribution in [3.63, 3.8) is 0 Å². The number of carbonyl (C=O) groups excluding carboxylic acids is 1. The summed E-state index contributed by atoms with van der Waals surface area (Å²) >= 11 is 0. The van der Waals surface area contributed by atoms with Gasteiger partial charge >= 0.3 is 5.97 Å². The van der Waals surface area contributed by atoms with E-state index in [0.717, 1.165) is 5.56 Å². The second-order valence-corrected chi connectivity index (χ2v) is 4.13. The van der Waals surface area contributed by atoms with E-state index < -0.39 is 5.97 Å². The molecule has 98 valence electrons. The van der Waals surface area contributed by atoms with Crippen LogP contribution in [0.15, 0.2) is 42.5 Å². The second kappa shape index (κ2) is 5.41. The van der Waals surface area contributed by atoms with Crippen molar-refractivity contribution in [1.29, 1.82) is 0 Å². The van der Waals surface area contributed by atoms with Crippen LogP contribution in [0.4, 0.5) is 11.4 Å². The predicted molar refractivity (Wildman–Crippen MR) is 74.6 cm³/mol. The molecule has 0 unspecified atom stereocenters. The van der Waals surface area contributed by atoms with E-state index in [0.29, 0.717) is 29.2 Å². The molecule has 0 saturated carbocycles. The molecule has 0 saturated heterocycles. The molecule has 19 heavy (non-hydrogen) atoms. The molecule has 0 atom stereocenters. The molecule has 0 aliphatic heterocycles. The zero-order chi connectivity index (χ0) is 13.8. The summed E-state index contributed by atoms with van der Waals surface area (Å²) in [5.74, 6) is -0.0531. The van der Waals surface area contributed by atoms with Crippen molar-refractivity contribution in [2.24, 2.45) is 5.73 Å². The Labute approximate surface area is 111 Å². The van der Waals surface area contributed by atoms with Gasteiger partial charge in [0.1, 0.15) is 5.75 Å². The van der Waals surface area contributed by atoms with Crippen LogP contribution in [0.25, 0.3) is 0 Å². The minimum atomic E-state index is -0.500. The van der Waals surface area contributed by atoms with Gasteiger partial charge in [-0.15, -0.1) is 0 Å². The van der Waals surface area contributed by atoms with E-state index in [-0.39, 0.29) is 0 Å². The summed E-state index contributed by atoms with van der Waals surface area (Å²) in [6.07, 6.45) is 0. The standard InChI is InChI=1S/C14H15N3O2/c15-8-9-1-3-13(4-2-9)19-14(18)10-5-11(16)7-12(17)6-10/h1-7H,8,15-17H2. The molecule has 0 spiro atoms. The molecule has 5 heteroatoms. The number of ether oxygens (including phenoxy) is 1. The second-order valence-electron chi connectivity index (χ2n) is 4.13. The number of benzene rings is 2. The summed E-state index contributed by atoms with van der Waals surface area (Å²) < 4.78 is 5.22. The molecule has 0 aromatic heterocycles. The third kappa shape index (κ3) is 3.23. The SMILES string of the molecule is NCc1ccc(OC(=O)c2cc(N)cc(N)c2)cc1. The molecule has 6 N–H and O–H groups in total. The molecule has 0 heterocycles. The number of nitrogen functional groups attached to an aromatic ring is 2. The quantitative estimate of drug-likeness (QED) is 0.439. The molecule has 0 bridgehead atoms. The van der Waals surface area contributed by atoms with Gasteiger partial charge in [0, 0.05) is 17.9 Å². The lowest BCUT2D eigenvalue weighted by Gasteiger charge is -2.06. The van der Waals surface area contributed by atoms with Crippen molar-refractivity contribution in [1.82, 2.24) is 0 Å². The minimum Gasteiger partial charge on any atom is -0.423 e. The summed E-state index contributed by atoms with van der Waals surface area (Å²) in [5.41, 5.74) is 18.9. The maximum atomic E-state index is 11.9. The Balaban J connectivity index is 2.15. The van der Waals surface area contributed by atoms with Crippen LogP contribution in [0.1, 0.15) is 15.9 Å². The van der Waals surface area contributed by atoms with Gasteiger partial charge in [-0.25, -0.2) is 4.79 Å². The topological polar surface area (TPSA) is 104 Å². The molecule has 0 fully saturated rings. The van der Waals surface area contributed by atoms with Crippen molar-refractivity contribution in [2.75, 3.05) is 11.5 Å². The van der Waals surface area contributed by atoms with Crippen LogP contribution >= 0.6 is 0 Å². The van der Waals surface area contributed by atoms with Crippen LogP contribution in [0.2, 0.25) is 0 Å². The fourth-order valence-corrected chi connectivity index (χ4v) is 1.65. The highest BCUT2D eigenvalue weighted by atomic mass is 16.5. The molecule has 0 amide bonds. The zero-order valence-electron chi connectivity index (χ0n) is 10.3. The first-order valence-electron chi connectivity index (χ1n) is 5.75. The maximum Gasteiger partial charge on any atom is 0.343 e. The van der Waals surface area contributed by atoms with Crippen molar-refractivity contribution >= 4 is 17.3 Å². The number of anilines is 2. The van der Waals surface area contributed by atoms with E-state index >= 15 is 0 Å². The Hall–Kier alpha value is -2.53. The fraction of sp³-hybridized carbons (Fsp3) is 0.0714. The summed E-state index contributed by atoms with van der Waals surface area (Å²) in [6, 6.07) is 11.6. The molecule has 2 aromatic carbocycles. The summed E-state index contributed by atoms with van der Waals surface area (Å²) in [7, 11) is 0. The van der Waals surface area contributed by atoms with Crippen LogP contribution < -0.4 is 21.9 Å². The first kappa shape index (κ1) is 12.9. The third-order valence-electron chi connectivity index (χ3n) is 2.58. The van der Waals surface area contributed by atoms with Gasteiger partial charge in [-0.05, 0) is 35.9 Å². The van der Waals surface area contributed by atoms with Gasteiger partial charge in [-0.3, -0.25) is 0 Å². The maximum absolute atomic E-state index is 11.9. The lowest BCUT2D eigenvalue weighted by molar-refractivity contribution is 0.0735. The third-order valence-corrected chi connectivity index (χ3v) is 2.58. The van der Waals surface area contributed by atoms with Gasteiger partial charge in [-0.1, -0.05) is 12.1 Å². The number of carbonyl (C=O) groups is 1. The van der Waals surface area contributed by atoms with Crippen LogP contribution in [0, 0.1) is 0 Å². The normalized spacial score (nSPS) is 10.2. The monoisotopic (exact) mass is 257 g/mol. The van der Waals surface area contributed by atoms with Gasteiger partial charge < -0.3 is 21.9 Å². The largest absolute Gasteiger partial charge is 0.423 e. The smallest absolute Gasteiger partial charge is 0.343 e. The minimum absolute atomic E-state index is 0.320. The molecule has 2 aromatic rings. The highest BCUT2D eigenvalue weighted by Crippen LogP contribution is 2.17. The Morgan fingerprint density at radius 3 is 2.11 bits per heavy atom. The lowest BCUT2D eigenvalue weighted by atomic mass is 10.2. The molecule has 0 radical (unpaired) electrons. The van der Waals surface area contributed by atoms with E-state index in [1.807, 2.05) is 0 Å². The number of nitrogens with two attached hydrogens (primary N) is 3. The van der Waals surface area contributed by atoms with E-state index in [1.54, 1.807) is 30.3 Å². The van der Waals surface area contributed by atoms with Crippen LogP contribution in [0.3, 0.4) is 0 Å². The predicted octanol–water partition coefficient (Wildman–Crippen LogP) is 1.53. The van der Waals surface area contributed by atoms with Crippen molar-refractivity contribution in [3.05, 3.63) is 53.6 Å². The van der Waals surface area contributed by atoms with E-state index in [4.69, 9.17) is 21.9 Å². The van der Waals surface area contributed by atoms with Gasteiger partial charge in [0.15, 0.2) is 0 Å². The zero-order valence-corrected chi connectivity index (χ0v) is 10.3. The fourth-order valence-electron chi connectivity index (χ4n) is 1.65. The Morgan fingerprint density at radius 2 is 1.58 bits per heavy atom. The molecule has 2 rings (SSSR count). The van der Waals surface area contributed by atoms with Crippen molar-refractivity contribution in [2.45, 2.75) is 6.54 Å². The first-order valence-corrected chi connectivity index (χ1v) is 5.75. The number of rotatable bonds is 3. The van der Waals surface area contributed by atoms with Crippen LogP contribution in [-0.4, -0.2) is 5.97 Å². The summed E-state index contributed by atoms with van der Waals surface area (Å²) in [6.45, 7) is 0.444. The summed E-state index contributed by atoms with van der Waals surface area (Å²) in [4.78, 5) is 11.9. The molecule has 5 nitrogen and oxygen atoms in total. The van der Waals surface area contributed by atoms with Crippen molar-refractivity contribution in [3.8, 4) is 5.75 Å². The van der Waals surface area contributed by atoms with E-state index in [2.05, 4.69) is 0 Å². The molecule has 0 aliphatic rings. The Bertz CT molecular complexity index is 574. The number of esters is 1. The first-order chi connectivity index (χ1) is 9.08. The average Bonchev–Trinajstić information content (AvgIpc) is 2.38. The summed E-state index contributed by atoms with van der Waals surface area (Å²) in [5, 5.41) is 0. The highest BCUT2D eigenvalue weighted by molar-refractivity contribution is 5.93. The lowest BCUT2D eigenvalue weighted by Crippen LogP contribution is -2.09. The molecule has 0 aliphatic carbocycles. The average molecular weight is 257 g/mol. The van der Waals surface area contributed by atoms with E-state index in [9.17, 15) is 4.79 Å². The Morgan fingerprint density at radius 1 is 1.00 bits per heavy atom. The van der Waals surface area contributed by atoms with Crippen LogP contribution in [-0.2, 0) is 6.54 Å².